The molecule has 0 bridgehead atoms. The van der Waals surface area contributed by atoms with Crippen LogP contribution >= 0.6 is 0 Å². The van der Waals surface area contributed by atoms with Crippen molar-refractivity contribution < 1.29 is 12.6 Å². The monoisotopic (exact) mass is 345 g/mol. The number of hydrogen-bond donors (Lipinski definition) is 2. The molecule has 1 aliphatic carbocycles. The number of pyridine rings is 1. The molecule has 1 aromatic heterocycles. The van der Waals surface area contributed by atoms with Gasteiger partial charge in [0, 0.05) is 34.0 Å². The first-order chi connectivity index (χ1) is 10.5. The van der Waals surface area contributed by atoms with Gasteiger partial charge in [-0.3, -0.25) is 4.21 Å². The van der Waals surface area contributed by atoms with Crippen LogP contribution < -0.4 is 10.0 Å². The highest BCUT2D eigenvalue weighted by Crippen LogP contribution is 2.25. The van der Waals surface area contributed by atoms with Gasteiger partial charge in [0.2, 0.25) is 10.0 Å². The standard InChI is InChI=1S/C14H23N3O3S2/c1-3-21(18)12-6-4-5-11(9-12)17-14-8-7-13(10-16-14)22(19,20)15-2/h7-8,10-12,15H,3-6,9H2,1-2H3,(H,16,17). The number of rotatable bonds is 6. The van der Waals surface area contributed by atoms with E-state index in [-0.39, 0.29) is 16.2 Å². The summed E-state index contributed by atoms with van der Waals surface area (Å²) in [5, 5.41) is 3.58. The highest BCUT2D eigenvalue weighted by Gasteiger charge is 2.25. The fourth-order valence-corrected chi connectivity index (χ4v) is 4.72. The number of anilines is 1. The average Bonchev–Trinajstić information content (AvgIpc) is 2.55. The summed E-state index contributed by atoms with van der Waals surface area (Å²) >= 11 is 0. The molecular formula is C14H23N3O3S2. The minimum absolute atomic E-state index is 0.147. The van der Waals surface area contributed by atoms with Crippen molar-refractivity contribution in [1.29, 1.82) is 0 Å². The van der Waals surface area contributed by atoms with Crippen LogP contribution in [-0.2, 0) is 20.8 Å². The van der Waals surface area contributed by atoms with Crippen molar-refractivity contribution in [3.8, 4) is 0 Å². The van der Waals surface area contributed by atoms with E-state index >= 15 is 0 Å². The van der Waals surface area contributed by atoms with Crippen LogP contribution in [0.15, 0.2) is 23.2 Å². The number of hydrogen-bond acceptors (Lipinski definition) is 5. The number of nitrogens with zero attached hydrogens (tertiary/aromatic N) is 1. The molecule has 8 heteroatoms. The van der Waals surface area contributed by atoms with Crippen LogP contribution in [0.1, 0.15) is 32.6 Å². The maximum Gasteiger partial charge on any atom is 0.241 e. The van der Waals surface area contributed by atoms with Gasteiger partial charge in [-0.15, -0.1) is 0 Å². The Hall–Kier alpha value is -0.990. The second-order valence-corrected chi connectivity index (χ2v) is 9.28. The van der Waals surface area contributed by atoms with Crippen LogP contribution in [0.4, 0.5) is 5.82 Å². The van der Waals surface area contributed by atoms with E-state index in [1.807, 2.05) is 6.92 Å². The zero-order valence-electron chi connectivity index (χ0n) is 12.9. The SMILES string of the molecule is CCS(=O)C1CCCC(Nc2ccc(S(=O)(=O)NC)cn2)C1. The molecule has 6 nitrogen and oxygen atoms in total. The van der Waals surface area contributed by atoms with Gasteiger partial charge in [-0.25, -0.2) is 18.1 Å². The van der Waals surface area contributed by atoms with Gasteiger partial charge < -0.3 is 5.32 Å². The second kappa shape index (κ2) is 7.52. The van der Waals surface area contributed by atoms with Crippen molar-refractivity contribution in [1.82, 2.24) is 9.71 Å². The lowest BCUT2D eigenvalue weighted by atomic mass is 9.95. The van der Waals surface area contributed by atoms with E-state index in [1.165, 1.54) is 19.3 Å². The summed E-state index contributed by atoms with van der Waals surface area (Å²) in [7, 11) is -2.84. The molecule has 0 aliphatic heterocycles. The van der Waals surface area contributed by atoms with E-state index in [0.717, 1.165) is 25.7 Å². The Kier molecular flexibility index (Phi) is 5.94. The number of nitrogens with one attached hydrogen (secondary N) is 2. The smallest absolute Gasteiger partial charge is 0.241 e. The molecule has 2 rings (SSSR count). The van der Waals surface area contributed by atoms with Gasteiger partial charge in [-0.2, -0.15) is 0 Å². The maximum absolute atomic E-state index is 11.9. The van der Waals surface area contributed by atoms with Gasteiger partial charge in [0.15, 0.2) is 0 Å². The molecule has 3 unspecified atom stereocenters. The molecule has 1 aliphatic rings. The molecule has 0 aromatic carbocycles. The number of sulfonamides is 1. The molecule has 22 heavy (non-hydrogen) atoms. The highest BCUT2D eigenvalue weighted by atomic mass is 32.2. The van der Waals surface area contributed by atoms with Crippen LogP contribution in [0.2, 0.25) is 0 Å². The predicted molar refractivity (Wildman–Crippen MR) is 88.8 cm³/mol. The summed E-state index contributed by atoms with van der Waals surface area (Å²) in [5.41, 5.74) is 0. The van der Waals surface area contributed by atoms with Gasteiger partial charge in [0.05, 0.1) is 0 Å². The lowest BCUT2D eigenvalue weighted by Crippen LogP contribution is -2.33. The van der Waals surface area contributed by atoms with Gasteiger partial charge in [0.1, 0.15) is 10.7 Å². The van der Waals surface area contributed by atoms with E-state index in [1.54, 1.807) is 6.07 Å². The second-order valence-electron chi connectivity index (χ2n) is 5.39. The Balaban J connectivity index is 2.00. The molecule has 0 amide bonds. The third-order valence-corrected chi connectivity index (χ3v) is 7.09. The summed E-state index contributed by atoms with van der Waals surface area (Å²) < 4.78 is 37.5. The lowest BCUT2D eigenvalue weighted by molar-refractivity contribution is 0.464. The molecule has 3 atom stereocenters. The maximum atomic E-state index is 11.9. The molecule has 1 saturated carbocycles. The van der Waals surface area contributed by atoms with Crippen molar-refractivity contribution in [3.05, 3.63) is 18.3 Å². The average molecular weight is 345 g/mol. The van der Waals surface area contributed by atoms with Gasteiger partial charge >= 0.3 is 0 Å². The summed E-state index contributed by atoms with van der Waals surface area (Å²) in [5.74, 6) is 1.36. The zero-order valence-corrected chi connectivity index (χ0v) is 14.5. The van der Waals surface area contributed by atoms with Crippen LogP contribution in [0.5, 0.6) is 0 Å². The Labute approximate surface area is 134 Å². The summed E-state index contributed by atoms with van der Waals surface area (Å²) in [6.07, 6.45) is 5.32. The normalized spacial score (nSPS) is 23.9. The molecule has 1 fully saturated rings. The predicted octanol–water partition coefficient (Wildman–Crippen LogP) is 1.48. The number of aromatic nitrogens is 1. The zero-order chi connectivity index (χ0) is 16.2. The molecule has 2 N–H and O–H groups in total. The molecule has 0 saturated heterocycles. The Bertz CT molecular complexity index is 617. The van der Waals surface area contributed by atoms with Crippen molar-refractivity contribution in [2.24, 2.45) is 0 Å². The minimum Gasteiger partial charge on any atom is -0.367 e. The van der Waals surface area contributed by atoms with Crippen LogP contribution in [0.25, 0.3) is 0 Å². The third kappa shape index (κ3) is 4.27. The lowest BCUT2D eigenvalue weighted by Gasteiger charge is -2.29. The Morgan fingerprint density at radius 1 is 1.36 bits per heavy atom. The minimum atomic E-state index is -3.45. The van der Waals surface area contributed by atoms with Gasteiger partial charge in [0.25, 0.3) is 0 Å². The van der Waals surface area contributed by atoms with E-state index < -0.39 is 20.8 Å². The molecule has 124 valence electrons. The van der Waals surface area contributed by atoms with Crippen LogP contribution in [0, 0.1) is 0 Å². The summed E-state index contributed by atoms with van der Waals surface area (Å²) in [6, 6.07) is 3.45. The fourth-order valence-electron chi connectivity index (χ4n) is 2.70. The van der Waals surface area contributed by atoms with E-state index in [2.05, 4.69) is 15.0 Å². The third-order valence-electron chi connectivity index (χ3n) is 3.95. The van der Waals surface area contributed by atoms with Crippen molar-refractivity contribution in [2.45, 2.75) is 48.8 Å². The van der Waals surface area contributed by atoms with Crippen molar-refractivity contribution >= 4 is 26.6 Å². The quantitative estimate of drug-likeness (QED) is 0.815. The summed E-state index contributed by atoms with van der Waals surface area (Å²) in [4.78, 5) is 4.32. The first kappa shape index (κ1) is 17.4. The molecule has 1 aromatic rings. The van der Waals surface area contributed by atoms with Crippen molar-refractivity contribution in [3.63, 3.8) is 0 Å². The first-order valence-corrected chi connectivity index (χ1v) is 10.4. The molecule has 0 radical (unpaired) electrons. The van der Waals surface area contributed by atoms with Gasteiger partial charge in [-0.05, 0) is 38.4 Å². The molecule has 1 heterocycles. The van der Waals surface area contributed by atoms with E-state index in [4.69, 9.17) is 0 Å². The van der Waals surface area contributed by atoms with Crippen LogP contribution in [0.3, 0.4) is 0 Å². The topological polar surface area (TPSA) is 88.2 Å². The molecule has 0 spiro atoms. The van der Waals surface area contributed by atoms with Crippen molar-refractivity contribution in [2.75, 3.05) is 18.1 Å². The Morgan fingerprint density at radius 3 is 2.73 bits per heavy atom. The van der Waals surface area contributed by atoms with E-state index in [9.17, 15) is 12.6 Å². The molecular weight excluding hydrogens is 322 g/mol. The highest BCUT2D eigenvalue weighted by molar-refractivity contribution is 7.89. The first-order valence-electron chi connectivity index (χ1n) is 7.49. The van der Waals surface area contributed by atoms with E-state index in [0.29, 0.717) is 11.6 Å². The largest absolute Gasteiger partial charge is 0.367 e. The fraction of sp³-hybridized carbons (Fsp3) is 0.643. The summed E-state index contributed by atoms with van der Waals surface area (Å²) in [6.45, 7) is 1.95. The van der Waals surface area contributed by atoms with Crippen LogP contribution in [-0.4, -0.2) is 41.7 Å². The van der Waals surface area contributed by atoms with Gasteiger partial charge in [-0.1, -0.05) is 13.3 Å². The Morgan fingerprint density at radius 2 is 2.14 bits per heavy atom.